The van der Waals surface area contributed by atoms with Crippen molar-refractivity contribution in [2.24, 2.45) is 0 Å². The van der Waals surface area contributed by atoms with Crippen LogP contribution in [0.5, 0.6) is 5.75 Å². The van der Waals surface area contributed by atoms with Crippen LogP contribution < -0.4 is 0 Å². The fourth-order valence-electron chi connectivity index (χ4n) is 3.90. The zero-order valence-corrected chi connectivity index (χ0v) is 13.2. The van der Waals surface area contributed by atoms with Gasteiger partial charge in [-0.05, 0) is 37.5 Å². The summed E-state index contributed by atoms with van der Waals surface area (Å²) in [5.41, 5.74) is 1.30. The van der Waals surface area contributed by atoms with E-state index >= 15 is 0 Å². The van der Waals surface area contributed by atoms with E-state index in [4.69, 9.17) is 0 Å². The topological polar surface area (TPSA) is 26.7 Å². The fraction of sp³-hybridized carbons (Fsp3) is 0.667. The molecule has 116 valence electrons. The molecule has 1 saturated carbocycles. The Morgan fingerprint density at radius 3 is 2.19 bits per heavy atom. The number of phenolic OH excluding ortho intramolecular Hbond substituents is 1. The summed E-state index contributed by atoms with van der Waals surface area (Å²) >= 11 is 0. The number of rotatable bonds is 3. The van der Waals surface area contributed by atoms with E-state index in [0.29, 0.717) is 11.8 Å². The minimum atomic E-state index is 0.355. The molecule has 1 aliphatic heterocycles. The molecule has 1 heterocycles. The van der Waals surface area contributed by atoms with Gasteiger partial charge in [0.1, 0.15) is 5.75 Å². The minimum Gasteiger partial charge on any atom is -0.508 e. The highest BCUT2D eigenvalue weighted by atomic mass is 16.3. The SMILES string of the molecule is CC(c1ccc(O)cc1)N1CCN(C2CCCCC2)CC1. The van der Waals surface area contributed by atoms with Crippen molar-refractivity contribution in [2.45, 2.75) is 51.1 Å². The van der Waals surface area contributed by atoms with E-state index in [1.165, 1.54) is 63.8 Å². The van der Waals surface area contributed by atoms with Crippen molar-refractivity contribution in [3.8, 4) is 5.75 Å². The van der Waals surface area contributed by atoms with Crippen molar-refractivity contribution < 1.29 is 5.11 Å². The molecular weight excluding hydrogens is 260 g/mol. The Bertz CT molecular complexity index is 431. The second-order valence-electron chi connectivity index (χ2n) is 6.63. The summed E-state index contributed by atoms with van der Waals surface area (Å²) in [4.78, 5) is 5.30. The molecule has 1 saturated heterocycles. The third-order valence-corrected chi connectivity index (χ3v) is 5.36. The third-order valence-electron chi connectivity index (χ3n) is 5.36. The molecule has 3 rings (SSSR count). The van der Waals surface area contributed by atoms with Crippen LogP contribution >= 0.6 is 0 Å². The van der Waals surface area contributed by atoms with Crippen LogP contribution in [0.3, 0.4) is 0 Å². The molecule has 1 aromatic rings. The second kappa shape index (κ2) is 6.80. The van der Waals surface area contributed by atoms with Crippen molar-refractivity contribution in [3.05, 3.63) is 29.8 Å². The highest BCUT2D eigenvalue weighted by Gasteiger charge is 2.27. The predicted molar refractivity (Wildman–Crippen MR) is 86.5 cm³/mol. The van der Waals surface area contributed by atoms with Gasteiger partial charge in [-0.25, -0.2) is 0 Å². The van der Waals surface area contributed by atoms with Crippen molar-refractivity contribution in [1.82, 2.24) is 9.80 Å². The zero-order valence-electron chi connectivity index (χ0n) is 13.2. The average molecular weight is 288 g/mol. The lowest BCUT2D eigenvalue weighted by Gasteiger charge is -2.42. The molecule has 3 heteroatoms. The number of aromatic hydroxyl groups is 1. The lowest BCUT2D eigenvalue weighted by Crippen LogP contribution is -2.51. The molecule has 1 aliphatic carbocycles. The summed E-state index contributed by atoms with van der Waals surface area (Å²) in [6.07, 6.45) is 7.11. The molecular formula is C18H28N2O. The Balaban J connectivity index is 1.53. The maximum absolute atomic E-state index is 9.41. The van der Waals surface area contributed by atoms with Gasteiger partial charge in [0, 0.05) is 38.3 Å². The summed E-state index contributed by atoms with van der Waals surface area (Å²) in [5.74, 6) is 0.355. The van der Waals surface area contributed by atoms with Gasteiger partial charge >= 0.3 is 0 Å². The van der Waals surface area contributed by atoms with E-state index < -0.39 is 0 Å². The number of piperazine rings is 1. The molecule has 2 fully saturated rings. The van der Waals surface area contributed by atoms with Crippen molar-refractivity contribution in [2.75, 3.05) is 26.2 Å². The van der Waals surface area contributed by atoms with Gasteiger partial charge in [-0.3, -0.25) is 9.80 Å². The molecule has 0 aromatic heterocycles. The lowest BCUT2D eigenvalue weighted by molar-refractivity contribution is 0.0602. The molecule has 0 amide bonds. The maximum atomic E-state index is 9.41. The van der Waals surface area contributed by atoms with E-state index in [0.717, 1.165) is 6.04 Å². The van der Waals surface area contributed by atoms with Crippen LogP contribution in [0, 0.1) is 0 Å². The molecule has 21 heavy (non-hydrogen) atoms. The molecule has 1 N–H and O–H groups in total. The van der Waals surface area contributed by atoms with Gasteiger partial charge in [-0.1, -0.05) is 31.4 Å². The normalized spacial score (nSPS) is 24.0. The first kappa shape index (κ1) is 14.9. The molecule has 0 spiro atoms. The molecule has 1 atom stereocenters. The van der Waals surface area contributed by atoms with Crippen LogP contribution in [0.4, 0.5) is 0 Å². The summed E-state index contributed by atoms with van der Waals surface area (Å²) in [6, 6.07) is 8.99. The summed E-state index contributed by atoms with van der Waals surface area (Å²) in [6.45, 7) is 7.04. The third kappa shape index (κ3) is 3.58. The van der Waals surface area contributed by atoms with Crippen LogP contribution in [-0.4, -0.2) is 47.1 Å². The van der Waals surface area contributed by atoms with E-state index in [2.05, 4.69) is 16.7 Å². The van der Waals surface area contributed by atoms with Crippen molar-refractivity contribution in [1.29, 1.82) is 0 Å². The van der Waals surface area contributed by atoms with Gasteiger partial charge in [0.05, 0.1) is 0 Å². The van der Waals surface area contributed by atoms with Gasteiger partial charge in [-0.15, -0.1) is 0 Å². The fourth-order valence-corrected chi connectivity index (χ4v) is 3.90. The molecule has 1 unspecified atom stereocenters. The molecule has 0 radical (unpaired) electrons. The first-order valence-electron chi connectivity index (χ1n) is 8.51. The van der Waals surface area contributed by atoms with Crippen LogP contribution in [0.1, 0.15) is 50.6 Å². The largest absolute Gasteiger partial charge is 0.508 e. The average Bonchev–Trinajstić information content (AvgIpc) is 2.56. The Hall–Kier alpha value is -1.06. The summed E-state index contributed by atoms with van der Waals surface area (Å²) in [7, 11) is 0. The Kier molecular flexibility index (Phi) is 4.81. The number of nitrogens with zero attached hydrogens (tertiary/aromatic N) is 2. The highest BCUT2D eigenvalue weighted by Crippen LogP contribution is 2.27. The number of phenols is 1. The standard InChI is InChI=1S/C18H28N2O/c1-15(16-7-9-18(21)10-8-16)19-11-13-20(14-12-19)17-5-3-2-4-6-17/h7-10,15,17,21H,2-6,11-14H2,1H3. The van der Waals surface area contributed by atoms with Crippen LogP contribution in [-0.2, 0) is 0 Å². The minimum absolute atomic E-state index is 0.355. The Morgan fingerprint density at radius 1 is 0.952 bits per heavy atom. The van der Waals surface area contributed by atoms with Crippen LogP contribution in [0.15, 0.2) is 24.3 Å². The summed E-state index contributed by atoms with van der Waals surface area (Å²) < 4.78 is 0. The number of benzene rings is 1. The molecule has 0 bridgehead atoms. The van der Waals surface area contributed by atoms with E-state index in [1.807, 2.05) is 12.1 Å². The number of hydrogen-bond donors (Lipinski definition) is 1. The van der Waals surface area contributed by atoms with Crippen molar-refractivity contribution in [3.63, 3.8) is 0 Å². The van der Waals surface area contributed by atoms with E-state index in [9.17, 15) is 5.11 Å². The number of hydrogen-bond acceptors (Lipinski definition) is 3. The Labute approximate surface area is 128 Å². The van der Waals surface area contributed by atoms with Gasteiger partial charge in [-0.2, -0.15) is 0 Å². The molecule has 1 aromatic carbocycles. The monoisotopic (exact) mass is 288 g/mol. The van der Waals surface area contributed by atoms with E-state index in [-0.39, 0.29) is 0 Å². The lowest BCUT2D eigenvalue weighted by atomic mass is 9.93. The van der Waals surface area contributed by atoms with Crippen LogP contribution in [0.25, 0.3) is 0 Å². The van der Waals surface area contributed by atoms with E-state index in [1.54, 1.807) is 12.1 Å². The summed E-state index contributed by atoms with van der Waals surface area (Å²) in [5, 5.41) is 9.41. The highest BCUT2D eigenvalue weighted by molar-refractivity contribution is 5.27. The van der Waals surface area contributed by atoms with Gasteiger partial charge in [0.2, 0.25) is 0 Å². The molecule has 2 aliphatic rings. The van der Waals surface area contributed by atoms with Gasteiger partial charge in [0.15, 0.2) is 0 Å². The van der Waals surface area contributed by atoms with Gasteiger partial charge in [0.25, 0.3) is 0 Å². The zero-order chi connectivity index (χ0) is 14.7. The Morgan fingerprint density at radius 2 is 1.57 bits per heavy atom. The van der Waals surface area contributed by atoms with Gasteiger partial charge < -0.3 is 5.11 Å². The van der Waals surface area contributed by atoms with Crippen LogP contribution in [0.2, 0.25) is 0 Å². The van der Waals surface area contributed by atoms with Crippen molar-refractivity contribution >= 4 is 0 Å². The first-order chi connectivity index (χ1) is 10.2. The maximum Gasteiger partial charge on any atom is 0.115 e. The smallest absolute Gasteiger partial charge is 0.115 e. The quantitative estimate of drug-likeness (QED) is 0.923. The molecule has 3 nitrogen and oxygen atoms in total. The predicted octanol–water partition coefficient (Wildman–Crippen LogP) is 3.40. The first-order valence-corrected chi connectivity index (χ1v) is 8.51. The second-order valence-corrected chi connectivity index (χ2v) is 6.63.